The van der Waals surface area contributed by atoms with Crippen molar-refractivity contribution in [2.45, 2.75) is 64.9 Å². The van der Waals surface area contributed by atoms with Crippen molar-refractivity contribution in [3.05, 3.63) is 99.2 Å². The molecule has 1 aromatic heterocycles. The van der Waals surface area contributed by atoms with Gasteiger partial charge in [0, 0.05) is 5.39 Å². The van der Waals surface area contributed by atoms with Crippen LogP contribution in [0, 0.1) is 23.3 Å². The first-order valence-electron chi connectivity index (χ1n) is 13.4. The molecule has 0 spiro atoms. The van der Waals surface area contributed by atoms with Crippen molar-refractivity contribution < 1.29 is 37.0 Å². The second-order valence-electron chi connectivity index (χ2n) is 12.6. The van der Waals surface area contributed by atoms with Gasteiger partial charge in [-0.2, -0.15) is 0 Å². The number of aromatic hydroxyl groups is 1. The van der Waals surface area contributed by atoms with Gasteiger partial charge in [-0.25, -0.2) is 22.5 Å². The Labute approximate surface area is 240 Å². The molecule has 0 aliphatic heterocycles. The number of pyridine rings is 1. The number of ether oxygens (including phenoxy) is 1. The highest BCUT2D eigenvalue weighted by molar-refractivity contribution is 6.29. The SMILES string of the molecule is CC(C)(C)c1cc(COc2cccc3ccc(C4C(=O)c5c(F)c(F)c(F)c(F)c5C4=O)nc23)cc(C(C)(C)C)c1O. The number of fused-ring (bicyclic) bond motifs is 2. The Kier molecular flexibility index (Phi) is 6.91. The predicted molar refractivity (Wildman–Crippen MR) is 149 cm³/mol. The van der Waals surface area contributed by atoms with E-state index < -0.39 is 51.9 Å². The summed E-state index contributed by atoms with van der Waals surface area (Å²) in [6, 6.07) is 11.8. The number of benzene rings is 3. The van der Waals surface area contributed by atoms with Crippen LogP contribution in [0.1, 0.15) is 90.6 Å². The number of Topliss-reactive ketones (excluding diaryl/α,β-unsaturated/α-hetero) is 2. The Morgan fingerprint density at radius 2 is 1.31 bits per heavy atom. The fourth-order valence-corrected chi connectivity index (χ4v) is 5.27. The molecule has 0 radical (unpaired) electrons. The molecule has 0 bridgehead atoms. The maximum Gasteiger partial charge on any atom is 0.198 e. The van der Waals surface area contributed by atoms with E-state index in [4.69, 9.17) is 4.74 Å². The number of nitrogens with zero attached hydrogens (tertiary/aromatic N) is 1. The minimum Gasteiger partial charge on any atom is -0.507 e. The highest BCUT2D eigenvalue weighted by Crippen LogP contribution is 2.41. The van der Waals surface area contributed by atoms with E-state index in [1.807, 2.05) is 53.7 Å². The van der Waals surface area contributed by atoms with Gasteiger partial charge in [0.15, 0.2) is 34.8 Å². The van der Waals surface area contributed by atoms with E-state index in [9.17, 15) is 32.3 Å². The average Bonchev–Trinajstić information content (AvgIpc) is 3.18. The van der Waals surface area contributed by atoms with Crippen LogP contribution in [0.15, 0.2) is 42.5 Å². The van der Waals surface area contributed by atoms with Crippen LogP contribution in [0.3, 0.4) is 0 Å². The molecular weight excluding hydrogens is 550 g/mol. The third-order valence-corrected chi connectivity index (χ3v) is 7.46. The molecule has 0 fully saturated rings. The normalized spacial score (nSPS) is 14.1. The Morgan fingerprint density at radius 1 is 0.786 bits per heavy atom. The van der Waals surface area contributed by atoms with E-state index >= 15 is 0 Å². The molecule has 218 valence electrons. The maximum atomic E-state index is 14.5. The molecule has 0 atom stereocenters. The van der Waals surface area contributed by atoms with Crippen molar-refractivity contribution in [3.63, 3.8) is 0 Å². The van der Waals surface area contributed by atoms with Crippen molar-refractivity contribution >= 4 is 22.5 Å². The van der Waals surface area contributed by atoms with E-state index in [2.05, 4.69) is 4.98 Å². The molecule has 3 aromatic carbocycles. The molecule has 1 N–H and O–H groups in total. The van der Waals surface area contributed by atoms with Crippen LogP contribution in [0.4, 0.5) is 17.6 Å². The third kappa shape index (κ3) is 4.70. The number of para-hydroxylation sites is 1. The molecule has 42 heavy (non-hydrogen) atoms. The van der Waals surface area contributed by atoms with E-state index in [1.165, 1.54) is 6.07 Å². The van der Waals surface area contributed by atoms with Crippen LogP contribution in [0.5, 0.6) is 11.5 Å². The standard InChI is InChI=1S/C33H29F4NO4/c1-32(2,3)17-12-15(13-18(29(17)39)33(4,5)6)14-42-20-9-7-8-16-10-11-19(38-28(16)20)21-30(40)22-23(31(21)41)25(35)27(37)26(36)24(22)34/h7-13,21,39H,14H2,1-6H3. The lowest BCUT2D eigenvalue weighted by Crippen LogP contribution is -2.18. The molecule has 0 saturated heterocycles. The molecule has 5 rings (SSSR count). The summed E-state index contributed by atoms with van der Waals surface area (Å²) in [5, 5.41) is 11.6. The van der Waals surface area contributed by atoms with Crippen molar-refractivity contribution in [1.29, 1.82) is 0 Å². The molecule has 0 amide bonds. The lowest BCUT2D eigenvalue weighted by Gasteiger charge is -2.28. The van der Waals surface area contributed by atoms with Crippen LogP contribution in [0.2, 0.25) is 0 Å². The summed E-state index contributed by atoms with van der Waals surface area (Å²) in [5.41, 5.74) is -0.489. The number of halogens is 4. The Bertz CT molecular complexity index is 1720. The Morgan fingerprint density at radius 3 is 1.81 bits per heavy atom. The van der Waals surface area contributed by atoms with Gasteiger partial charge < -0.3 is 9.84 Å². The molecule has 1 heterocycles. The first kappa shape index (κ1) is 29.2. The largest absolute Gasteiger partial charge is 0.507 e. The topological polar surface area (TPSA) is 76.5 Å². The van der Waals surface area contributed by atoms with Crippen molar-refractivity contribution in [3.8, 4) is 11.5 Å². The number of carbonyl (C=O) groups is 2. The summed E-state index contributed by atoms with van der Waals surface area (Å²) in [7, 11) is 0. The molecule has 9 heteroatoms. The minimum absolute atomic E-state index is 0.0964. The first-order chi connectivity index (χ1) is 19.5. The molecule has 0 saturated carbocycles. The van der Waals surface area contributed by atoms with Gasteiger partial charge in [0.2, 0.25) is 0 Å². The number of rotatable bonds is 4. The van der Waals surface area contributed by atoms with Gasteiger partial charge in [-0.1, -0.05) is 59.7 Å². The highest BCUT2D eigenvalue weighted by Gasteiger charge is 2.47. The zero-order valence-electron chi connectivity index (χ0n) is 24.0. The maximum absolute atomic E-state index is 14.5. The molecule has 1 aliphatic rings. The van der Waals surface area contributed by atoms with Gasteiger partial charge >= 0.3 is 0 Å². The van der Waals surface area contributed by atoms with Crippen LogP contribution in [-0.2, 0) is 17.4 Å². The van der Waals surface area contributed by atoms with Crippen molar-refractivity contribution in [2.24, 2.45) is 0 Å². The quantitative estimate of drug-likeness (QED) is 0.115. The zero-order valence-corrected chi connectivity index (χ0v) is 24.0. The van der Waals surface area contributed by atoms with Crippen LogP contribution in [-0.4, -0.2) is 21.7 Å². The molecule has 1 aliphatic carbocycles. The number of carbonyl (C=O) groups excluding carboxylic acids is 2. The molecule has 4 aromatic rings. The Balaban J connectivity index is 1.54. The lowest BCUT2D eigenvalue weighted by molar-refractivity contribution is 0.0885. The number of hydrogen-bond donors (Lipinski definition) is 1. The summed E-state index contributed by atoms with van der Waals surface area (Å²) in [6.45, 7) is 12.1. The van der Waals surface area contributed by atoms with E-state index in [-0.39, 0.29) is 34.4 Å². The summed E-state index contributed by atoms with van der Waals surface area (Å²) < 4.78 is 62.8. The first-order valence-corrected chi connectivity index (χ1v) is 13.4. The van der Waals surface area contributed by atoms with Crippen molar-refractivity contribution in [2.75, 3.05) is 0 Å². The number of phenolic OH excluding ortho intramolecular Hbond substituents is 1. The van der Waals surface area contributed by atoms with E-state index in [1.54, 1.807) is 24.3 Å². The third-order valence-electron chi connectivity index (χ3n) is 7.46. The van der Waals surface area contributed by atoms with Gasteiger partial charge in [-0.05, 0) is 51.8 Å². The monoisotopic (exact) mass is 579 g/mol. The lowest BCUT2D eigenvalue weighted by atomic mass is 9.78. The summed E-state index contributed by atoms with van der Waals surface area (Å²) in [5.74, 6) is -11.8. The summed E-state index contributed by atoms with van der Waals surface area (Å²) in [4.78, 5) is 30.5. The second-order valence-corrected chi connectivity index (χ2v) is 12.6. The number of hydrogen-bond acceptors (Lipinski definition) is 5. The number of phenols is 1. The fraction of sp³-hybridized carbons (Fsp3) is 0.303. The van der Waals surface area contributed by atoms with Crippen LogP contribution >= 0.6 is 0 Å². The van der Waals surface area contributed by atoms with Gasteiger partial charge in [0.25, 0.3) is 0 Å². The minimum atomic E-state index is -2.16. The van der Waals surface area contributed by atoms with Gasteiger partial charge in [0.05, 0.1) is 16.8 Å². The molecular formula is C33H29F4NO4. The van der Waals surface area contributed by atoms with Gasteiger partial charge in [-0.3, -0.25) is 9.59 Å². The highest BCUT2D eigenvalue weighted by atomic mass is 19.2. The van der Waals surface area contributed by atoms with E-state index in [0.717, 1.165) is 16.7 Å². The zero-order chi connectivity index (χ0) is 30.9. The predicted octanol–water partition coefficient (Wildman–Crippen LogP) is 7.83. The Hall–Kier alpha value is -4.27. The van der Waals surface area contributed by atoms with Gasteiger partial charge in [-0.15, -0.1) is 0 Å². The molecule has 5 nitrogen and oxygen atoms in total. The second kappa shape index (κ2) is 9.93. The fourth-order valence-electron chi connectivity index (χ4n) is 5.27. The smallest absolute Gasteiger partial charge is 0.198 e. The summed E-state index contributed by atoms with van der Waals surface area (Å²) >= 11 is 0. The van der Waals surface area contributed by atoms with E-state index in [0.29, 0.717) is 11.1 Å². The average molecular weight is 580 g/mol. The van der Waals surface area contributed by atoms with Gasteiger partial charge in [0.1, 0.15) is 29.5 Å². The van der Waals surface area contributed by atoms with Crippen LogP contribution in [0.25, 0.3) is 10.9 Å². The van der Waals surface area contributed by atoms with Crippen molar-refractivity contribution in [1.82, 2.24) is 4.98 Å². The van der Waals surface area contributed by atoms with Crippen LogP contribution < -0.4 is 4.74 Å². The summed E-state index contributed by atoms with van der Waals surface area (Å²) in [6.07, 6.45) is 0. The number of aromatic nitrogens is 1. The number of ketones is 2. The molecule has 0 unspecified atom stereocenters.